The van der Waals surface area contributed by atoms with Crippen LogP contribution < -0.4 is 15.5 Å². The van der Waals surface area contributed by atoms with Gasteiger partial charge in [-0.15, -0.1) is 0 Å². The highest BCUT2D eigenvalue weighted by Crippen LogP contribution is 2.20. The van der Waals surface area contributed by atoms with Crippen LogP contribution in [0.4, 0.5) is 4.39 Å². The summed E-state index contributed by atoms with van der Waals surface area (Å²) in [6.45, 7) is -0.308. The molecule has 0 aliphatic heterocycles. The minimum atomic E-state index is -0.561. The quantitative estimate of drug-likeness (QED) is 0.544. The number of halogens is 1. The molecule has 0 aromatic heterocycles. The van der Waals surface area contributed by atoms with Gasteiger partial charge in [0.2, 0.25) is 0 Å². The van der Waals surface area contributed by atoms with Gasteiger partial charge in [0.1, 0.15) is 17.3 Å². The number of ether oxygens (including phenoxy) is 1. The lowest BCUT2D eigenvalue weighted by Crippen LogP contribution is -2.34. The maximum atomic E-state index is 12.8. The molecule has 0 aliphatic carbocycles. The Bertz CT molecular complexity index is 791. The number of rotatable bonds is 6. The summed E-state index contributed by atoms with van der Waals surface area (Å²) in [6.07, 6.45) is 1.25. The maximum Gasteiger partial charge on any atom is 0.259 e. The molecule has 2 aromatic carbocycles. The van der Waals surface area contributed by atoms with Gasteiger partial charge in [0.05, 0.1) is 19.9 Å². The highest BCUT2D eigenvalue weighted by molar-refractivity contribution is 5.96. The van der Waals surface area contributed by atoms with Crippen molar-refractivity contribution in [2.24, 2.45) is 5.10 Å². The van der Waals surface area contributed by atoms with Gasteiger partial charge in [0, 0.05) is 11.1 Å². The van der Waals surface area contributed by atoms with Gasteiger partial charge in [-0.2, -0.15) is 5.10 Å². The average molecular weight is 345 g/mol. The number of aromatic hydroxyl groups is 1. The number of hydrazone groups is 1. The summed E-state index contributed by atoms with van der Waals surface area (Å²) < 4.78 is 17.8. The van der Waals surface area contributed by atoms with Crippen LogP contribution in [0, 0.1) is 5.82 Å². The van der Waals surface area contributed by atoms with E-state index < -0.39 is 17.6 Å². The Balaban J connectivity index is 1.84. The van der Waals surface area contributed by atoms with Gasteiger partial charge in [-0.05, 0) is 42.5 Å². The van der Waals surface area contributed by atoms with E-state index in [0.717, 1.165) is 12.1 Å². The summed E-state index contributed by atoms with van der Waals surface area (Å²) in [5.74, 6) is -1.02. The molecule has 3 N–H and O–H groups in total. The monoisotopic (exact) mass is 345 g/mol. The van der Waals surface area contributed by atoms with Crippen LogP contribution in [0.3, 0.4) is 0 Å². The first kappa shape index (κ1) is 17.9. The van der Waals surface area contributed by atoms with Crippen molar-refractivity contribution in [3.63, 3.8) is 0 Å². The summed E-state index contributed by atoms with van der Waals surface area (Å²) >= 11 is 0. The van der Waals surface area contributed by atoms with E-state index >= 15 is 0 Å². The number of hydrogen-bond acceptors (Lipinski definition) is 5. The number of benzene rings is 2. The van der Waals surface area contributed by atoms with Crippen LogP contribution in [0.5, 0.6) is 11.5 Å². The molecular weight excluding hydrogens is 329 g/mol. The van der Waals surface area contributed by atoms with E-state index in [9.17, 15) is 19.1 Å². The summed E-state index contributed by atoms with van der Waals surface area (Å²) in [5, 5.41) is 15.8. The van der Waals surface area contributed by atoms with Gasteiger partial charge in [-0.3, -0.25) is 9.59 Å². The highest BCUT2D eigenvalue weighted by atomic mass is 19.1. The molecule has 25 heavy (non-hydrogen) atoms. The van der Waals surface area contributed by atoms with E-state index in [4.69, 9.17) is 4.74 Å². The number of nitrogens with one attached hydrogen (secondary N) is 2. The van der Waals surface area contributed by atoms with E-state index in [1.54, 1.807) is 12.1 Å². The van der Waals surface area contributed by atoms with Gasteiger partial charge in [-0.1, -0.05) is 0 Å². The van der Waals surface area contributed by atoms with Crippen LogP contribution in [-0.4, -0.2) is 36.8 Å². The van der Waals surface area contributed by atoms with Crippen molar-refractivity contribution < 1.29 is 23.8 Å². The minimum Gasteiger partial charge on any atom is -0.507 e. The Morgan fingerprint density at radius 3 is 2.64 bits per heavy atom. The molecule has 0 aliphatic rings. The molecule has 0 saturated carbocycles. The lowest BCUT2D eigenvalue weighted by Gasteiger charge is -2.05. The number of methoxy groups -OCH3 is 1. The van der Waals surface area contributed by atoms with Crippen molar-refractivity contribution in [3.8, 4) is 11.5 Å². The Morgan fingerprint density at radius 1 is 1.24 bits per heavy atom. The molecule has 130 valence electrons. The van der Waals surface area contributed by atoms with Gasteiger partial charge in [-0.25, -0.2) is 9.82 Å². The van der Waals surface area contributed by atoms with E-state index in [1.165, 1.54) is 31.5 Å². The third-order valence-electron chi connectivity index (χ3n) is 3.14. The second-order valence-electron chi connectivity index (χ2n) is 4.91. The number of hydrogen-bond donors (Lipinski definition) is 3. The lowest BCUT2D eigenvalue weighted by molar-refractivity contribution is -0.120. The van der Waals surface area contributed by atoms with Crippen molar-refractivity contribution in [3.05, 3.63) is 59.4 Å². The molecule has 2 rings (SSSR count). The minimum absolute atomic E-state index is 0.0246. The first-order valence-corrected chi connectivity index (χ1v) is 7.22. The third-order valence-corrected chi connectivity index (χ3v) is 3.14. The van der Waals surface area contributed by atoms with Crippen LogP contribution in [0.15, 0.2) is 47.6 Å². The Hall–Kier alpha value is -3.42. The molecule has 0 spiro atoms. The third kappa shape index (κ3) is 5.31. The van der Waals surface area contributed by atoms with Crippen LogP contribution in [0.1, 0.15) is 15.9 Å². The normalized spacial score (nSPS) is 10.5. The van der Waals surface area contributed by atoms with Gasteiger partial charge in [0.15, 0.2) is 0 Å². The van der Waals surface area contributed by atoms with Gasteiger partial charge >= 0.3 is 0 Å². The standard InChI is InChI=1S/C17H16FN3O4/c1-25-14-6-7-15(22)12(8-14)9-20-21-16(23)10-19-17(24)11-2-4-13(18)5-3-11/h2-9,22H,10H2,1H3,(H,19,24)(H,21,23)/b20-9-. The SMILES string of the molecule is COc1ccc(O)c(/C=N\NC(=O)CNC(=O)c2ccc(F)cc2)c1. The molecule has 0 unspecified atom stereocenters. The van der Waals surface area contributed by atoms with Crippen LogP contribution >= 0.6 is 0 Å². The Kier molecular flexibility index (Phi) is 6.05. The zero-order chi connectivity index (χ0) is 18.2. The Labute approximate surface area is 143 Å². The van der Waals surface area contributed by atoms with Crippen LogP contribution in [-0.2, 0) is 4.79 Å². The number of phenols is 1. The second kappa shape index (κ2) is 8.44. The molecule has 0 radical (unpaired) electrons. The van der Waals surface area contributed by atoms with E-state index in [2.05, 4.69) is 15.8 Å². The number of phenolic OH excluding ortho intramolecular Hbond substituents is 1. The molecule has 8 heteroatoms. The number of nitrogens with zero attached hydrogens (tertiary/aromatic N) is 1. The molecule has 0 bridgehead atoms. The zero-order valence-electron chi connectivity index (χ0n) is 13.3. The van der Waals surface area contributed by atoms with E-state index in [1.807, 2.05) is 0 Å². The summed E-state index contributed by atoms with van der Waals surface area (Å²) in [6, 6.07) is 9.49. The lowest BCUT2D eigenvalue weighted by atomic mass is 10.2. The molecule has 0 fully saturated rings. The predicted molar refractivity (Wildman–Crippen MR) is 89.1 cm³/mol. The van der Waals surface area contributed by atoms with E-state index in [-0.39, 0.29) is 17.9 Å². The molecule has 7 nitrogen and oxygen atoms in total. The van der Waals surface area contributed by atoms with Crippen molar-refractivity contribution in [2.75, 3.05) is 13.7 Å². The number of carbonyl (C=O) groups excluding carboxylic acids is 2. The maximum absolute atomic E-state index is 12.8. The van der Waals surface area contributed by atoms with Crippen molar-refractivity contribution in [1.82, 2.24) is 10.7 Å². The summed E-state index contributed by atoms with van der Waals surface area (Å²) in [5.41, 5.74) is 2.81. The molecule has 0 atom stereocenters. The summed E-state index contributed by atoms with van der Waals surface area (Å²) in [7, 11) is 1.49. The molecule has 2 amide bonds. The van der Waals surface area contributed by atoms with Gasteiger partial charge < -0.3 is 15.2 Å². The molecular formula is C17H16FN3O4. The fourth-order valence-electron chi connectivity index (χ4n) is 1.84. The topological polar surface area (TPSA) is 100 Å². The van der Waals surface area contributed by atoms with Gasteiger partial charge in [0.25, 0.3) is 11.8 Å². The highest BCUT2D eigenvalue weighted by Gasteiger charge is 2.07. The van der Waals surface area contributed by atoms with Crippen molar-refractivity contribution in [1.29, 1.82) is 0 Å². The first-order valence-electron chi connectivity index (χ1n) is 7.22. The van der Waals surface area contributed by atoms with Crippen molar-refractivity contribution in [2.45, 2.75) is 0 Å². The van der Waals surface area contributed by atoms with Crippen LogP contribution in [0.25, 0.3) is 0 Å². The van der Waals surface area contributed by atoms with E-state index in [0.29, 0.717) is 11.3 Å². The smallest absolute Gasteiger partial charge is 0.259 e. The summed E-state index contributed by atoms with van der Waals surface area (Å²) in [4.78, 5) is 23.4. The predicted octanol–water partition coefficient (Wildman–Crippen LogP) is 1.42. The molecule has 0 saturated heterocycles. The fraction of sp³-hybridized carbons (Fsp3) is 0.118. The number of amides is 2. The molecule has 0 heterocycles. The van der Waals surface area contributed by atoms with Crippen molar-refractivity contribution >= 4 is 18.0 Å². The fourth-order valence-corrected chi connectivity index (χ4v) is 1.84. The number of carbonyl (C=O) groups is 2. The van der Waals surface area contributed by atoms with Crippen LogP contribution in [0.2, 0.25) is 0 Å². The average Bonchev–Trinajstić information content (AvgIpc) is 2.62. The Morgan fingerprint density at radius 2 is 1.96 bits per heavy atom. The first-order chi connectivity index (χ1) is 12.0. The zero-order valence-corrected chi connectivity index (χ0v) is 13.3. The molecule has 2 aromatic rings. The second-order valence-corrected chi connectivity index (χ2v) is 4.91. The largest absolute Gasteiger partial charge is 0.507 e.